The van der Waals surface area contributed by atoms with E-state index in [0.29, 0.717) is 22.9 Å². The summed E-state index contributed by atoms with van der Waals surface area (Å²) in [7, 11) is 0. The fraction of sp³-hybridized carbons (Fsp3) is 0.125. The van der Waals surface area contributed by atoms with Crippen molar-refractivity contribution in [3.63, 3.8) is 0 Å². The zero-order valence-corrected chi connectivity index (χ0v) is 12.6. The van der Waals surface area contributed by atoms with Gasteiger partial charge in [0, 0.05) is 24.2 Å². The first-order valence-corrected chi connectivity index (χ1v) is 7.21. The van der Waals surface area contributed by atoms with Gasteiger partial charge in [-0.2, -0.15) is 0 Å². The van der Waals surface area contributed by atoms with Crippen molar-refractivity contribution in [2.75, 3.05) is 5.32 Å². The lowest BCUT2D eigenvalue weighted by atomic mass is 10.1. The molecule has 3 heterocycles. The van der Waals surface area contributed by atoms with E-state index in [1.165, 1.54) is 12.4 Å². The van der Waals surface area contributed by atoms with Crippen LogP contribution in [-0.4, -0.2) is 37.5 Å². The Morgan fingerprint density at radius 2 is 2.21 bits per heavy atom. The van der Waals surface area contributed by atoms with Crippen molar-refractivity contribution in [2.24, 2.45) is 0 Å². The maximum Gasteiger partial charge on any atom is 0.338 e. The highest BCUT2D eigenvalue weighted by Crippen LogP contribution is 2.33. The standard InChI is InChI=1S/C16H12N4O4/c1-8-14(21)18-11-4-9(2-3-13(11)24-8)12-7-20-6-10(15(22)23)5-17-16(20)19-12/h2-8H,1H3,(H,18,21)(H,22,23). The van der Waals surface area contributed by atoms with Gasteiger partial charge in [0.05, 0.1) is 16.9 Å². The summed E-state index contributed by atoms with van der Waals surface area (Å²) in [6.45, 7) is 1.68. The van der Waals surface area contributed by atoms with Gasteiger partial charge in [-0.05, 0) is 25.1 Å². The minimum Gasteiger partial charge on any atom is -0.479 e. The monoisotopic (exact) mass is 324 g/mol. The normalized spacial score (nSPS) is 16.4. The molecule has 2 N–H and O–H groups in total. The molecule has 4 rings (SSSR count). The van der Waals surface area contributed by atoms with E-state index in [1.54, 1.807) is 29.7 Å². The number of carbonyl (C=O) groups is 2. The summed E-state index contributed by atoms with van der Waals surface area (Å²) in [4.78, 5) is 31.1. The average Bonchev–Trinajstić information content (AvgIpc) is 2.98. The Morgan fingerprint density at radius 3 is 3.00 bits per heavy atom. The van der Waals surface area contributed by atoms with Crippen molar-refractivity contribution in [3.05, 3.63) is 42.4 Å². The molecule has 0 radical (unpaired) electrons. The second kappa shape index (κ2) is 5.05. The zero-order chi connectivity index (χ0) is 16.8. The molecule has 120 valence electrons. The number of imidazole rings is 1. The molecular weight excluding hydrogens is 312 g/mol. The third-order valence-electron chi connectivity index (χ3n) is 3.76. The topological polar surface area (TPSA) is 106 Å². The van der Waals surface area contributed by atoms with Crippen LogP contribution in [0.1, 0.15) is 17.3 Å². The van der Waals surface area contributed by atoms with Gasteiger partial charge in [0.2, 0.25) is 5.78 Å². The molecule has 1 aliphatic heterocycles. The van der Waals surface area contributed by atoms with E-state index in [2.05, 4.69) is 15.3 Å². The number of rotatable bonds is 2. The van der Waals surface area contributed by atoms with Crippen LogP contribution in [0.15, 0.2) is 36.8 Å². The van der Waals surface area contributed by atoms with Crippen LogP contribution in [-0.2, 0) is 4.79 Å². The van der Waals surface area contributed by atoms with Gasteiger partial charge in [-0.3, -0.25) is 9.20 Å². The number of hydrogen-bond donors (Lipinski definition) is 2. The lowest BCUT2D eigenvalue weighted by Gasteiger charge is -2.23. The molecule has 0 saturated heterocycles. The number of anilines is 1. The molecule has 8 nitrogen and oxygen atoms in total. The summed E-state index contributed by atoms with van der Waals surface area (Å²) in [6.07, 6.45) is 3.87. The number of carboxylic acid groups (broad SMARTS) is 1. The summed E-state index contributed by atoms with van der Waals surface area (Å²) in [5.41, 5.74) is 2.02. The lowest BCUT2D eigenvalue weighted by molar-refractivity contribution is -0.122. The van der Waals surface area contributed by atoms with Gasteiger partial charge in [-0.25, -0.2) is 14.8 Å². The highest BCUT2D eigenvalue weighted by atomic mass is 16.5. The molecule has 1 aliphatic rings. The number of nitrogens with one attached hydrogen (secondary N) is 1. The van der Waals surface area contributed by atoms with E-state index in [-0.39, 0.29) is 11.5 Å². The molecular formula is C16H12N4O4. The Balaban J connectivity index is 1.76. The largest absolute Gasteiger partial charge is 0.479 e. The number of hydrogen-bond acceptors (Lipinski definition) is 5. The molecule has 0 spiro atoms. The first-order chi connectivity index (χ1) is 11.5. The van der Waals surface area contributed by atoms with E-state index in [0.717, 1.165) is 5.56 Å². The first-order valence-electron chi connectivity index (χ1n) is 7.21. The van der Waals surface area contributed by atoms with Crippen LogP contribution in [0.5, 0.6) is 5.75 Å². The molecule has 8 heteroatoms. The van der Waals surface area contributed by atoms with Crippen LogP contribution in [0.3, 0.4) is 0 Å². The number of benzene rings is 1. The van der Waals surface area contributed by atoms with Gasteiger partial charge in [-0.1, -0.05) is 0 Å². The van der Waals surface area contributed by atoms with Gasteiger partial charge < -0.3 is 15.2 Å². The van der Waals surface area contributed by atoms with Crippen molar-refractivity contribution < 1.29 is 19.4 Å². The van der Waals surface area contributed by atoms with Crippen LogP contribution >= 0.6 is 0 Å². The summed E-state index contributed by atoms with van der Waals surface area (Å²) in [5, 5.41) is 11.8. The number of carbonyl (C=O) groups excluding carboxylic acids is 1. The quantitative estimate of drug-likeness (QED) is 0.745. The van der Waals surface area contributed by atoms with Crippen molar-refractivity contribution in [3.8, 4) is 17.0 Å². The van der Waals surface area contributed by atoms with Crippen molar-refractivity contribution in [1.29, 1.82) is 0 Å². The zero-order valence-electron chi connectivity index (χ0n) is 12.6. The van der Waals surface area contributed by atoms with Crippen LogP contribution in [0.2, 0.25) is 0 Å². The number of fused-ring (bicyclic) bond motifs is 2. The molecule has 0 saturated carbocycles. The predicted octanol–water partition coefficient (Wildman–Crippen LogP) is 1.81. The van der Waals surface area contributed by atoms with Crippen LogP contribution in [0.25, 0.3) is 17.0 Å². The summed E-state index contributed by atoms with van der Waals surface area (Å²) in [6, 6.07) is 5.35. The SMILES string of the molecule is CC1Oc2ccc(-c3cn4cc(C(=O)O)cnc4n3)cc2NC1=O. The van der Waals surface area contributed by atoms with E-state index in [1.807, 2.05) is 6.07 Å². The first kappa shape index (κ1) is 14.2. The van der Waals surface area contributed by atoms with E-state index in [9.17, 15) is 9.59 Å². The Morgan fingerprint density at radius 1 is 1.38 bits per heavy atom. The Labute approximate surface area is 135 Å². The third-order valence-corrected chi connectivity index (χ3v) is 3.76. The van der Waals surface area contributed by atoms with Gasteiger partial charge in [0.25, 0.3) is 5.91 Å². The Hall–Kier alpha value is -3.42. The summed E-state index contributed by atoms with van der Waals surface area (Å²) < 4.78 is 7.07. The number of ether oxygens (including phenoxy) is 1. The van der Waals surface area contributed by atoms with Crippen molar-refractivity contribution in [2.45, 2.75) is 13.0 Å². The number of nitrogens with zero attached hydrogens (tertiary/aromatic N) is 3. The fourth-order valence-corrected chi connectivity index (χ4v) is 2.50. The van der Waals surface area contributed by atoms with Gasteiger partial charge in [0.1, 0.15) is 5.75 Å². The minimum absolute atomic E-state index is 0.0755. The lowest BCUT2D eigenvalue weighted by Crippen LogP contribution is -2.34. The summed E-state index contributed by atoms with van der Waals surface area (Å²) >= 11 is 0. The molecule has 1 unspecified atom stereocenters. The predicted molar refractivity (Wildman–Crippen MR) is 84.1 cm³/mol. The molecule has 0 bridgehead atoms. The minimum atomic E-state index is -1.05. The molecule has 3 aromatic rings. The second-order valence-electron chi connectivity index (χ2n) is 5.44. The third kappa shape index (κ3) is 2.24. The molecule has 1 aromatic carbocycles. The maximum absolute atomic E-state index is 11.7. The van der Waals surface area contributed by atoms with E-state index in [4.69, 9.17) is 9.84 Å². The van der Waals surface area contributed by atoms with Gasteiger partial charge in [-0.15, -0.1) is 0 Å². The number of aromatic carboxylic acids is 1. The number of carboxylic acids is 1. The van der Waals surface area contributed by atoms with Gasteiger partial charge in [0.15, 0.2) is 6.10 Å². The highest BCUT2D eigenvalue weighted by molar-refractivity contribution is 5.98. The van der Waals surface area contributed by atoms with Crippen LogP contribution in [0.4, 0.5) is 5.69 Å². The van der Waals surface area contributed by atoms with Gasteiger partial charge >= 0.3 is 5.97 Å². The van der Waals surface area contributed by atoms with E-state index >= 15 is 0 Å². The average molecular weight is 324 g/mol. The molecule has 1 atom stereocenters. The van der Waals surface area contributed by atoms with Crippen LogP contribution < -0.4 is 10.1 Å². The Kier molecular flexibility index (Phi) is 2.99. The molecule has 24 heavy (non-hydrogen) atoms. The molecule has 0 fully saturated rings. The van der Waals surface area contributed by atoms with E-state index < -0.39 is 12.1 Å². The fourth-order valence-electron chi connectivity index (χ4n) is 2.50. The highest BCUT2D eigenvalue weighted by Gasteiger charge is 2.24. The van der Waals surface area contributed by atoms with Crippen molar-refractivity contribution >= 4 is 23.3 Å². The summed E-state index contributed by atoms with van der Waals surface area (Å²) in [5.74, 6) is -0.271. The number of aromatic nitrogens is 3. The maximum atomic E-state index is 11.7. The number of amides is 1. The molecule has 2 aromatic heterocycles. The van der Waals surface area contributed by atoms with Crippen molar-refractivity contribution in [1.82, 2.24) is 14.4 Å². The Bertz CT molecular complexity index is 995. The smallest absolute Gasteiger partial charge is 0.338 e. The van der Waals surface area contributed by atoms with Crippen LogP contribution in [0, 0.1) is 0 Å². The second-order valence-corrected chi connectivity index (χ2v) is 5.44. The molecule has 1 amide bonds. The molecule has 0 aliphatic carbocycles.